The molecule has 2 atom stereocenters. The predicted octanol–water partition coefficient (Wildman–Crippen LogP) is 1.16. The van der Waals surface area contributed by atoms with E-state index in [1.165, 1.54) is 17.4 Å². The van der Waals surface area contributed by atoms with E-state index in [0.717, 1.165) is 35.8 Å². The molecule has 2 aliphatic heterocycles. The highest BCUT2D eigenvalue weighted by Gasteiger charge is 2.36. The zero-order valence-electron chi connectivity index (χ0n) is 15.0. The molecule has 9 heteroatoms. The van der Waals surface area contributed by atoms with Gasteiger partial charge in [0.15, 0.2) is 0 Å². The molecular formula is C17H26ClN3O4S. The molecule has 1 aromatic heterocycles. The lowest BCUT2D eigenvalue weighted by atomic mass is 10.0. The number of fused-ring (bicyclic) bond motifs is 1. The van der Waals surface area contributed by atoms with E-state index in [1.807, 2.05) is 0 Å². The molecule has 0 amide bonds. The molecule has 2 fully saturated rings. The number of hydrogen-bond donors (Lipinski definition) is 1. The Morgan fingerprint density at radius 2 is 2.23 bits per heavy atom. The molecule has 0 aromatic carbocycles. The lowest BCUT2D eigenvalue weighted by molar-refractivity contribution is -0.143. The molecular weight excluding hydrogens is 378 g/mol. The van der Waals surface area contributed by atoms with E-state index in [9.17, 15) is 14.7 Å². The van der Waals surface area contributed by atoms with Gasteiger partial charge >= 0.3 is 10.8 Å². The van der Waals surface area contributed by atoms with Gasteiger partial charge in [-0.15, -0.1) is 0 Å². The number of carbonyl (C=O) groups excluding carboxylic acids is 1. The predicted molar refractivity (Wildman–Crippen MR) is 101 cm³/mol. The van der Waals surface area contributed by atoms with Gasteiger partial charge in [0.05, 0.1) is 11.5 Å². The number of halogens is 1. The SMILES string of the molecule is CCOC(=O)Cn1c(Cl)c(CN2C[C@@H]3CCCN3C[C@@H]2CCO)sc1=O. The van der Waals surface area contributed by atoms with Crippen molar-refractivity contribution in [2.24, 2.45) is 0 Å². The normalized spacial score (nSPS) is 24.0. The van der Waals surface area contributed by atoms with Crippen LogP contribution in [0.25, 0.3) is 0 Å². The van der Waals surface area contributed by atoms with Crippen molar-refractivity contribution in [3.8, 4) is 0 Å². The van der Waals surface area contributed by atoms with Crippen LogP contribution >= 0.6 is 22.9 Å². The maximum Gasteiger partial charge on any atom is 0.326 e. The first-order valence-electron chi connectivity index (χ1n) is 9.16. The fourth-order valence-electron chi connectivity index (χ4n) is 3.95. The maximum atomic E-state index is 12.3. The molecule has 2 saturated heterocycles. The van der Waals surface area contributed by atoms with Crippen LogP contribution in [0.3, 0.4) is 0 Å². The number of ether oxygens (including phenoxy) is 1. The Balaban J connectivity index is 1.74. The summed E-state index contributed by atoms with van der Waals surface area (Å²) in [7, 11) is 0. The van der Waals surface area contributed by atoms with Crippen LogP contribution in [0.1, 0.15) is 31.1 Å². The van der Waals surface area contributed by atoms with Crippen molar-refractivity contribution in [2.45, 2.75) is 51.4 Å². The molecule has 3 heterocycles. The van der Waals surface area contributed by atoms with Crippen LogP contribution in [-0.2, 0) is 22.6 Å². The first-order chi connectivity index (χ1) is 12.5. The lowest BCUT2D eigenvalue weighted by Gasteiger charge is -2.43. The van der Waals surface area contributed by atoms with Crippen molar-refractivity contribution in [1.82, 2.24) is 14.4 Å². The first kappa shape index (κ1) is 19.8. The minimum Gasteiger partial charge on any atom is -0.465 e. The summed E-state index contributed by atoms with van der Waals surface area (Å²) in [5, 5.41) is 9.74. The van der Waals surface area contributed by atoms with E-state index in [0.29, 0.717) is 24.2 Å². The van der Waals surface area contributed by atoms with Crippen molar-refractivity contribution >= 4 is 28.9 Å². The quantitative estimate of drug-likeness (QED) is 0.688. The molecule has 0 bridgehead atoms. The van der Waals surface area contributed by atoms with Gasteiger partial charge in [-0.2, -0.15) is 0 Å². The van der Waals surface area contributed by atoms with Gasteiger partial charge in [-0.3, -0.25) is 24.0 Å². The van der Waals surface area contributed by atoms with Crippen LogP contribution in [0.4, 0.5) is 0 Å². The number of thiazole rings is 1. The van der Waals surface area contributed by atoms with Crippen molar-refractivity contribution in [3.05, 3.63) is 19.7 Å². The smallest absolute Gasteiger partial charge is 0.326 e. The molecule has 2 aliphatic rings. The molecule has 3 rings (SSSR count). The summed E-state index contributed by atoms with van der Waals surface area (Å²) in [4.78, 5) is 29.3. The molecule has 1 aromatic rings. The highest BCUT2D eigenvalue weighted by Crippen LogP contribution is 2.29. The first-order valence-corrected chi connectivity index (χ1v) is 10.4. The van der Waals surface area contributed by atoms with Gasteiger partial charge in [0.2, 0.25) is 0 Å². The van der Waals surface area contributed by atoms with Gasteiger partial charge in [-0.05, 0) is 32.7 Å². The molecule has 26 heavy (non-hydrogen) atoms. The summed E-state index contributed by atoms with van der Waals surface area (Å²) in [6.07, 6.45) is 3.11. The fourth-order valence-corrected chi connectivity index (χ4v) is 5.21. The van der Waals surface area contributed by atoms with E-state index >= 15 is 0 Å². The van der Waals surface area contributed by atoms with Gasteiger partial charge in [-0.1, -0.05) is 22.9 Å². The molecule has 0 unspecified atom stereocenters. The summed E-state index contributed by atoms with van der Waals surface area (Å²) in [5.74, 6) is -0.460. The van der Waals surface area contributed by atoms with Gasteiger partial charge < -0.3 is 9.84 Å². The number of aliphatic hydroxyl groups excluding tert-OH is 1. The van der Waals surface area contributed by atoms with E-state index in [1.54, 1.807) is 6.92 Å². The van der Waals surface area contributed by atoms with E-state index in [2.05, 4.69) is 9.80 Å². The fraction of sp³-hybridized carbons (Fsp3) is 0.765. The Morgan fingerprint density at radius 3 is 2.96 bits per heavy atom. The number of aliphatic hydroxyl groups is 1. The van der Waals surface area contributed by atoms with Gasteiger partial charge in [-0.25, -0.2) is 0 Å². The van der Waals surface area contributed by atoms with Crippen molar-refractivity contribution in [2.75, 3.05) is 32.8 Å². The average Bonchev–Trinajstić information content (AvgIpc) is 3.15. The minimum absolute atomic E-state index is 0.146. The summed E-state index contributed by atoms with van der Waals surface area (Å²) in [6.45, 7) is 5.56. The lowest BCUT2D eigenvalue weighted by Crippen LogP contribution is -2.55. The average molecular weight is 404 g/mol. The highest BCUT2D eigenvalue weighted by molar-refractivity contribution is 7.09. The standard InChI is InChI=1S/C17H26ClN3O4S/c1-2-25-15(23)11-21-16(18)14(26-17(21)24)10-20-9-12-4-3-6-19(12)8-13(20)5-7-22/h12-13,22H,2-11H2,1H3/t12-,13-/m0/s1. The number of nitrogens with zero attached hydrogens (tertiary/aromatic N) is 3. The number of hydrogen-bond acceptors (Lipinski definition) is 7. The Kier molecular flexibility index (Phi) is 6.74. The largest absolute Gasteiger partial charge is 0.465 e. The van der Waals surface area contributed by atoms with Crippen molar-refractivity contribution in [3.63, 3.8) is 0 Å². The minimum atomic E-state index is -0.460. The van der Waals surface area contributed by atoms with Gasteiger partial charge in [0, 0.05) is 38.3 Å². The molecule has 0 saturated carbocycles. The third kappa shape index (κ3) is 4.31. The third-order valence-corrected chi connectivity index (χ3v) is 6.71. The molecule has 146 valence electrons. The molecule has 1 N–H and O–H groups in total. The number of aromatic nitrogens is 1. The van der Waals surface area contributed by atoms with Crippen LogP contribution in [0, 0.1) is 0 Å². The highest BCUT2D eigenvalue weighted by atomic mass is 35.5. The molecule has 7 nitrogen and oxygen atoms in total. The number of esters is 1. The van der Waals surface area contributed by atoms with Gasteiger partial charge in [0.1, 0.15) is 11.7 Å². The molecule has 0 aliphatic carbocycles. The third-order valence-electron chi connectivity index (χ3n) is 5.21. The monoisotopic (exact) mass is 403 g/mol. The van der Waals surface area contributed by atoms with E-state index < -0.39 is 5.97 Å². The van der Waals surface area contributed by atoms with Crippen LogP contribution in [-0.4, -0.2) is 70.4 Å². The van der Waals surface area contributed by atoms with Gasteiger partial charge in [0.25, 0.3) is 0 Å². The number of carbonyl (C=O) groups is 1. The zero-order chi connectivity index (χ0) is 18.7. The van der Waals surface area contributed by atoms with Crippen LogP contribution < -0.4 is 4.87 Å². The Morgan fingerprint density at radius 1 is 1.42 bits per heavy atom. The van der Waals surface area contributed by atoms with Crippen LogP contribution in [0.2, 0.25) is 5.15 Å². The van der Waals surface area contributed by atoms with Crippen molar-refractivity contribution < 1.29 is 14.6 Å². The van der Waals surface area contributed by atoms with Crippen molar-refractivity contribution in [1.29, 1.82) is 0 Å². The van der Waals surface area contributed by atoms with Crippen LogP contribution in [0.5, 0.6) is 0 Å². The Bertz CT molecular complexity index is 692. The zero-order valence-corrected chi connectivity index (χ0v) is 16.6. The second-order valence-corrected chi connectivity index (χ2v) is 8.26. The maximum absolute atomic E-state index is 12.3. The Labute approximate surface area is 162 Å². The Hall–Kier alpha value is -0.930. The second kappa shape index (κ2) is 8.84. The number of rotatable bonds is 7. The summed E-state index contributed by atoms with van der Waals surface area (Å²) in [6, 6.07) is 0.795. The van der Waals surface area contributed by atoms with E-state index in [-0.39, 0.29) is 30.7 Å². The summed E-state index contributed by atoms with van der Waals surface area (Å²) >= 11 is 7.50. The topological polar surface area (TPSA) is 75.0 Å². The number of piperazine rings is 1. The second-order valence-electron chi connectivity index (χ2n) is 6.86. The van der Waals surface area contributed by atoms with Crippen LogP contribution in [0.15, 0.2) is 4.79 Å². The molecule has 0 radical (unpaired) electrons. The molecule has 0 spiro atoms. The van der Waals surface area contributed by atoms with E-state index in [4.69, 9.17) is 16.3 Å². The summed E-state index contributed by atoms with van der Waals surface area (Å²) < 4.78 is 6.20. The summed E-state index contributed by atoms with van der Waals surface area (Å²) in [5.41, 5.74) is 0.